The molecule has 3 rings (SSSR count). The molecule has 1 aliphatic carbocycles. The Morgan fingerprint density at radius 2 is 1.90 bits per heavy atom. The second-order valence-corrected chi connectivity index (χ2v) is 7.83. The van der Waals surface area contributed by atoms with Crippen molar-refractivity contribution < 1.29 is 28.8 Å². The van der Waals surface area contributed by atoms with Gasteiger partial charge >= 0.3 is 5.97 Å². The molecule has 0 radical (unpaired) electrons. The quantitative estimate of drug-likeness (QED) is 0.288. The van der Waals surface area contributed by atoms with Gasteiger partial charge in [0.15, 0.2) is 0 Å². The second kappa shape index (κ2) is 9.67. The van der Waals surface area contributed by atoms with Crippen LogP contribution in [0.15, 0.2) is 18.2 Å². The van der Waals surface area contributed by atoms with Crippen LogP contribution < -0.4 is 5.32 Å². The third-order valence-corrected chi connectivity index (χ3v) is 5.93. The molecule has 0 bridgehead atoms. The van der Waals surface area contributed by atoms with Gasteiger partial charge in [-0.3, -0.25) is 34.2 Å². The highest BCUT2D eigenvalue weighted by molar-refractivity contribution is 6.21. The molecule has 1 saturated carbocycles. The monoisotopic (exact) mass is 431 g/mol. The van der Waals surface area contributed by atoms with Gasteiger partial charge in [-0.1, -0.05) is 12.8 Å². The first-order valence-corrected chi connectivity index (χ1v) is 10.3. The van der Waals surface area contributed by atoms with Gasteiger partial charge in [0.05, 0.1) is 29.1 Å². The number of nitro benzene ring substituents is 1. The number of nitrogens with zero attached hydrogens (tertiary/aromatic N) is 2. The Balaban J connectivity index is 1.48. The lowest BCUT2D eigenvalue weighted by molar-refractivity contribution is -0.384. The Hall–Kier alpha value is -3.30. The van der Waals surface area contributed by atoms with Gasteiger partial charge in [-0.15, -0.1) is 0 Å². The van der Waals surface area contributed by atoms with Gasteiger partial charge < -0.3 is 10.1 Å². The SMILES string of the molecule is COC(=O)C1CCCCC1CNC(=O)CCCN1C(=O)c2ccc([N+](=O)[O-])cc2C1=O. The minimum absolute atomic E-state index is 0.00908. The molecule has 0 spiro atoms. The lowest BCUT2D eigenvalue weighted by Gasteiger charge is -2.29. The zero-order chi connectivity index (χ0) is 22.5. The summed E-state index contributed by atoms with van der Waals surface area (Å²) in [5, 5.41) is 13.7. The van der Waals surface area contributed by atoms with Crippen molar-refractivity contribution in [2.45, 2.75) is 38.5 Å². The summed E-state index contributed by atoms with van der Waals surface area (Å²) >= 11 is 0. The first-order chi connectivity index (χ1) is 14.8. The summed E-state index contributed by atoms with van der Waals surface area (Å²) in [6.07, 6.45) is 3.96. The van der Waals surface area contributed by atoms with Crippen LogP contribution in [-0.4, -0.2) is 53.7 Å². The molecule has 3 amide bonds. The molecule has 31 heavy (non-hydrogen) atoms. The van der Waals surface area contributed by atoms with Crippen molar-refractivity contribution in [2.75, 3.05) is 20.2 Å². The molecule has 1 heterocycles. The maximum atomic E-state index is 12.5. The van der Waals surface area contributed by atoms with Gasteiger partial charge in [-0.25, -0.2) is 0 Å². The number of non-ortho nitro benzene ring substituents is 1. The van der Waals surface area contributed by atoms with E-state index in [0.717, 1.165) is 36.6 Å². The predicted molar refractivity (Wildman–Crippen MR) is 108 cm³/mol. The smallest absolute Gasteiger partial charge is 0.309 e. The topological polar surface area (TPSA) is 136 Å². The van der Waals surface area contributed by atoms with Gasteiger partial charge in [0.25, 0.3) is 17.5 Å². The number of fused-ring (bicyclic) bond motifs is 1. The van der Waals surface area contributed by atoms with Gasteiger partial charge in [-0.05, 0) is 31.2 Å². The predicted octanol–water partition coefficient (Wildman–Crippen LogP) is 2.07. The van der Waals surface area contributed by atoms with Crippen LogP contribution in [0, 0.1) is 22.0 Å². The average molecular weight is 431 g/mol. The van der Waals surface area contributed by atoms with E-state index < -0.39 is 16.7 Å². The second-order valence-electron chi connectivity index (χ2n) is 7.83. The van der Waals surface area contributed by atoms with Crippen molar-refractivity contribution in [1.29, 1.82) is 0 Å². The van der Waals surface area contributed by atoms with Crippen molar-refractivity contribution in [1.82, 2.24) is 10.2 Å². The fraction of sp³-hybridized carbons (Fsp3) is 0.524. The highest BCUT2D eigenvalue weighted by Gasteiger charge is 2.36. The first kappa shape index (κ1) is 22.4. The van der Waals surface area contributed by atoms with Gasteiger partial charge in [0.2, 0.25) is 5.91 Å². The largest absolute Gasteiger partial charge is 0.469 e. The number of amides is 3. The molecule has 0 saturated heterocycles. The number of imide groups is 1. The molecule has 10 heteroatoms. The summed E-state index contributed by atoms with van der Waals surface area (Å²) in [6.45, 7) is 0.428. The van der Waals surface area contributed by atoms with Gasteiger partial charge in [0.1, 0.15) is 0 Å². The standard InChI is InChI=1S/C21H25N3O7/c1-31-21(28)15-6-3-2-5-13(15)12-22-18(25)7-4-10-23-19(26)16-9-8-14(24(29)30)11-17(16)20(23)27/h8-9,11,13,15H,2-7,10,12H2,1H3,(H,22,25). The number of benzene rings is 1. The number of nitro groups is 1. The third kappa shape index (κ3) is 4.89. The van der Waals surface area contributed by atoms with Crippen LogP contribution in [0.2, 0.25) is 0 Å². The number of methoxy groups -OCH3 is 1. The summed E-state index contributed by atoms with van der Waals surface area (Å²) in [4.78, 5) is 60.3. The Morgan fingerprint density at radius 1 is 1.19 bits per heavy atom. The summed E-state index contributed by atoms with van der Waals surface area (Å²) < 4.78 is 4.86. The number of ether oxygens (including phenoxy) is 1. The number of carbonyl (C=O) groups is 4. The molecule has 1 fully saturated rings. The molecule has 10 nitrogen and oxygen atoms in total. The van der Waals surface area contributed by atoms with Crippen molar-refractivity contribution in [3.8, 4) is 0 Å². The van der Waals surface area contributed by atoms with Crippen LogP contribution in [0.3, 0.4) is 0 Å². The molecule has 1 aromatic carbocycles. The van der Waals surface area contributed by atoms with E-state index in [-0.39, 0.29) is 59.9 Å². The molecule has 0 aromatic heterocycles. The van der Waals surface area contributed by atoms with Crippen LogP contribution in [0.1, 0.15) is 59.2 Å². The van der Waals surface area contributed by atoms with Gasteiger partial charge in [0, 0.05) is 31.6 Å². The third-order valence-electron chi connectivity index (χ3n) is 5.93. The van der Waals surface area contributed by atoms with E-state index in [9.17, 15) is 29.3 Å². The van der Waals surface area contributed by atoms with Crippen LogP contribution in [0.4, 0.5) is 5.69 Å². The summed E-state index contributed by atoms with van der Waals surface area (Å²) in [5.41, 5.74) is -0.116. The van der Waals surface area contributed by atoms with Crippen molar-refractivity contribution >= 4 is 29.4 Å². The Morgan fingerprint density at radius 3 is 2.61 bits per heavy atom. The zero-order valence-electron chi connectivity index (χ0n) is 17.3. The van der Waals surface area contributed by atoms with E-state index in [4.69, 9.17) is 4.74 Å². The number of nitrogens with one attached hydrogen (secondary N) is 1. The fourth-order valence-corrected chi connectivity index (χ4v) is 4.24. The minimum Gasteiger partial charge on any atom is -0.469 e. The molecule has 1 aliphatic heterocycles. The van der Waals surface area contributed by atoms with Crippen LogP contribution >= 0.6 is 0 Å². The van der Waals surface area contributed by atoms with E-state index in [1.165, 1.54) is 19.2 Å². The maximum Gasteiger partial charge on any atom is 0.309 e. The Labute approximate surface area is 179 Å². The molecular weight excluding hydrogens is 406 g/mol. The lowest BCUT2D eigenvalue weighted by atomic mass is 9.79. The zero-order valence-corrected chi connectivity index (χ0v) is 17.3. The minimum atomic E-state index is -0.623. The van der Waals surface area contributed by atoms with Crippen LogP contribution in [-0.2, 0) is 14.3 Å². The number of rotatable bonds is 8. The van der Waals surface area contributed by atoms with Crippen molar-refractivity contribution in [3.05, 3.63) is 39.4 Å². The number of esters is 1. The number of carbonyl (C=O) groups excluding carboxylic acids is 4. The number of hydrogen-bond acceptors (Lipinski definition) is 7. The van der Waals surface area contributed by atoms with E-state index in [1.807, 2.05) is 0 Å². The average Bonchev–Trinajstić information content (AvgIpc) is 3.01. The summed E-state index contributed by atoms with van der Waals surface area (Å²) in [5.74, 6) is -1.74. The Bertz CT molecular complexity index is 914. The molecule has 166 valence electrons. The molecule has 1 N–H and O–H groups in total. The van der Waals surface area contributed by atoms with Crippen LogP contribution in [0.25, 0.3) is 0 Å². The highest BCUT2D eigenvalue weighted by atomic mass is 16.6. The summed E-state index contributed by atoms with van der Waals surface area (Å²) in [7, 11) is 1.37. The maximum absolute atomic E-state index is 12.5. The molecule has 2 atom stereocenters. The van der Waals surface area contributed by atoms with E-state index >= 15 is 0 Å². The fourth-order valence-electron chi connectivity index (χ4n) is 4.24. The van der Waals surface area contributed by atoms with E-state index in [2.05, 4.69) is 5.32 Å². The molecule has 2 unspecified atom stereocenters. The molecule has 2 aliphatic rings. The first-order valence-electron chi connectivity index (χ1n) is 10.3. The van der Waals surface area contributed by atoms with Crippen molar-refractivity contribution in [2.24, 2.45) is 11.8 Å². The van der Waals surface area contributed by atoms with E-state index in [0.29, 0.717) is 6.54 Å². The van der Waals surface area contributed by atoms with Crippen molar-refractivity contribution in [3.63, 3.8) is 0 Å². The Kier molecular flexibility index (Phi) is 6.98. The number of hydrogen-bond donors (Lipinski definition) is 1. The molecule has 1 aromatic rings. The lowest BCUT2D eigenvalue weighted by Crippen LogP contribution is -2.38. The summed E-state index contributed by atoms with van der Waals surface area (Å²) in [6, 6.07) is 3.57. The van der Waals surface area contributed by atoms with E-state index in [1.54, 1.807) is 0 Å². The van der Waals surface area contributed by atoms with Gasteiger partial charge in [-0.2, -0.15) is 0 Å². The highest BCUT2D eigenvalue weighted by Crippen LogP contribution is 2.30. The van der Waals surface area contributed by atoms with Crippen LogP contribution in [0.5, 0.6) is 0 Å². The molecular formula is C21H25N3O7. The normalized spacial score (nSPS) is 20.4.